The quantitative estimate of drug-likeness (QED) is 0.796. The fraction of sp³-hybridized carbons (Fsp3) is 0.333. The lowest BCUT2D eigenvalue weighted by Gasteiger charge is -2.10. The van der Waals surface area contributed by atoms with Crippen LogP contribution in [0, 0.1) is 5.92 Å². The van der Waals surface area contributed by atoms with E-state index in [0.29, 0.717) is 16.7 Å². The van der Waals surface area contributed by atoms with Crippen molar-refractivity contribution in [2.75, 3.05) is 12.4 Å². The third-order valence-corrected chi connectivity index (χ3v) is 3.63. The summed E-state index contributed by atoms with van der Waals surface area (Å²) < 4.78 is 5.22. The second-order valence-electron chi connectivity index (χ2n) is 5.62. The minimum atomic E-state index is 0.626. The number of halogens is 1. The molecule has 112 valence electrons. The lowest BCUT2D eigenvalue weighted by atomic mass is 10.0. The Morgan fingerprint density at radius 1 is 1.05 bits per heavy atom. The molecular weight excluding hydrogens is 282 g/mol. The van der Waals surface area contributed by atoms with Gasteiger partial charge in [0.05, 0.1) is 12.1 Å². The van der Waals surface area contributed by atoms with Crippen LogP contribution in [0.1, 0.15) is 25.0 Å². The van der Waals surface area contributed by atoms with Crippen molar-refractivity contribution in [3.05, 3.63) is 58.6 Å². The van der Waals surface area contributed by atoms with Crippen molar-refractivity contribution in [2.45, 2.75) is 26.8 Å². The molecule has 3 heteroatoms. The summed E-state index contributed by atoms with van der Waals surface area (Å²) in [7, 11) is 1.62. The molecule has 0 heterocycles. The SMILES string of the molecule is COc1cc(NCc2ccc(CC(C)C)cc2)ccc1Cl. The predicted octanol–water partition coefficient (Wildman–Crippen LogP) is 5.16. The molecule has 0 bridgehead atoms. The Hall–Kier alpha value is -1.67. The Balaban J connectivity index is 1.96. The molecule has 2 aromatic carbocycles. The molecular formula is C18H22ClNO. The van der Waals surface area contributed by atoms with Crippen LogP contribution in [0.5, 0.6) is 5.75 Å². The Morgan fingerprint density at radius 2 is 1.71 bits per heavy atom. The van der Waals surface area contributed by atoms with Crippen LogP contribution < -0.4 is 10.1 Å². The summed E-state index contributed by atoms with van der Waals surface area (Å²) in [6.07, 6.45) is 1.13. The van der Waals surface area contributed by atoms with E-state index < -0.39 is 0 Å². The lowest BCUT2D eigenvalue weighted by Crippen LogP contribution is -2.00. The molecule has 0 spiro atoms. The van der Waals surface area contributed by atoms with E-state index in [1.54, 1.807) is 7.11 Å². The Labute approximate surface area is 132 Å². The molecule has 21 heavy (non-hydrogen) atoms. The molecule has 0 unspecified atom stereocenters. The summed E-state index contributed by atoms with van der Waals surface area (Å²) >= 11 is 6.02. The maximum atomic E-state index is 6.02. The van der Waals surface area contributed by atoms with E-state index in [1.807, 2.05) is 18.2 Å². The van der Waals surface area contributed by atoms with E-state index in [0.717, 1.165) is 18.7 Å². The summed E-state index contributed by atoms with van der Waals surface area (Å²) in [5, 5.41) is 4.01. The highest BCUT2D eigenvalue weighted by Gasteiger charge is 2.02. The van der Waals surface area contributed by atoms with Crippen molar-refractivity contribution >= 4 is 17.3 Å². The summed E-state index contributed by atoms with van der Waals surface area (Å²) in [6, 6.07) is 14.5. The minimum Gasteiger partial charge on any atom is -0.495 e. The average Bonchev–Trinajstić information content (AvgIpc) is 2.47. The van der Waals surface area contributed by atoms with Crippen molar-refractivity contribution < 1.29 is 4.74 Å². The normalized spacial score (nSPS) is 10.7. The molecule has 0 aliphatic carbocycles. The van der Waals surface area contributed by atoms with E-state index >= 15 is 0 Å². The predicted molar refractivity (Wildman–Crippen MR) is 90.3 cm³/mol. The van der Waals surface area contributed by atoms with Gasteiger partial charge < -0.3 is 10.1 Å². The van der Waals surface area contributed by atoms with Gasteiger partial charge in [0.25, 0.3) is 0 Å². The number of anilines is 1. The van der Waals surface area contributed by atoms with Crippen molar-refractivity contribution in [2.24, 2.45) is 5.92 Å². The largest absolute Gasteiger partial charge is 0.495 e. The molecule has 0 fully saturated rings. The van der Waals surface area contributed by atoms with Crippen LogP contribution in [0.3, 0.4) is 0 Å². The van der Waals surface area contributed by atoms with Gasteiger partial charge in [-0.1, -0.05) is 49.7 Å². The van der Waals surface area contributed by atoms with Gasteiger partial charge in [0.15, 0.2) is 0 Å². The highest BCUT2D eigenvalue weighted by atomic mass is 35.5. The standard InChI is InChI=1S/C18H22ClNO/c1-13(2)10-14-4-6-15(7-5-14)12-20-16-8-9-17(19)18(11-16)21-3/h4-9,11,13,20H,10,12H2,1-3H3. The first-order chi connectivity index (χ1) is 10.1. The number of ether oxygens (including phenoxy) is 1. The first-order valence-electron chi connectivity index (χ1n) is 7.23. The van der Waals surface area contributed by atoms with E-state index in [2.05, 4.69) is 43.4 Å². The summed E-state index contributed by atoms with van der Waals surface area (Å²) in [6.45, 7) is 5.26. The van der Waals surface area contributed by atoms with Crippen LogP contribution in [0.15, 0.2) is 42.5 Å². The maximum Gasteiger partial charge on any atom is 0.139 e. The van der Waals surface area contributed by atoms with E-state index in [1.165, 1.54) is 11.1 Å². The number of hydrogen-bond donors (Lipinski definition) is 1. The molecule has 2 aromatic rings. The first-order valence-corrected chi connectivity index (χ1v) is 7.61. The summed E-state index contributed by atoms with van der Waals surface area (Å²) in [4.78, 5) is 0. The van der Waals surface area contributed by atoms with E-state index in [4.69, 9.17) is 16.3 Å². The maximum absolute atomic E-state index is 6.02. The molecule has 2 nitrogen and oxygen atoms in total. The highest BCUT2D eigenvalue weighted by Crippen LogP contribution is 2.27. The van der Waals surface area contributed by atoms with Gasteiger partial charge in [-0.3, -0.25) is 0 Å². The zero-order valence-electron chi connectivity index (χ0n) is 12.8. The zero-order valence-corrected chi connectivity index (χ0v) is 13.6. The number of nitrogens with one attached hydrogen (secondary N) is 1. The van der Waals surface area contributed by atoms with Crippen molar-refractivity contribution in [1.29, 1.82) is 0 Å². The fourth-order valence-corrected chi connectivity index (χ4v) is 2.43. The molecule has 0 aliphatic rings. The fourth-order valence-electron chi connectivity index (χ4n) is 2.24. The molecule has 0 aliphatic heterocycles. The van der Waals surface area contributed by atoms with E-state index in [-0.39, 0.29) is 0 Å². The molecule has 0 saturated carbocycles. The van der Waals surface area contributed by atoms with Gasteiger partial charge in [-0.15, -0.1) is 0 Å². The van der Waals surface area contributed by atoms with Gasteiger partial charge in [0.1, 0.15) is 5.75 Å². The molecule has 0 amide bonds. The molecule has 0 aromatic heterocycles. The second kappa shape index (κ2) is 7.37. The second-order valence-corrected chi connectivity index (χ2v) is 6.02. The zero-order chi connectivity index (χ0) is 15.2. The van der Waals surface area contributed by atoms with Crippen molar-refractivity contribution in [3.8, 4) is 5.75 Å². The Bertz CT molecular complexity index is 578. The molecule has 0 atom stereocenters. The third-order valence-electron chi connectivity index (χ3n) is 3.31. The topological polar surface area (TPSA) is 21.3 Å². The van der Waals surface area contributed by atoms with Crippen LogP contribution in [-0.4, -0.2) is 7.11 Å². The van der Waals surface area contributed by atoms with Gasteiger partial charge in [-0.25, -0.2) is 0 Å². The highest BCUT2D eigenvalue weighted by molar-refractivity contribution is 6.32. The monoisotopic (exact) mass is 303 g/mol. The van der Waals surface area contributed by atoms with Gasteiger partial charge in [0, 0.05) is 18.3 Å². The van der Waals surface area contributed by atoms with Crippen LogP contribution >= 0.6 is 11.6 Å². The molecule has 0 saturated heterocycles. The Kier molecular flexibility index (Phi) is 5.51. The minimum absolute atomic E-state index is 0.626. The van der Waals surface area contributed by atoms with Gasteiger partial charge in [-0.05, 0) is 35.6 Å². The molecule has 2 rings (SSSR count). The number of benzene rings is 2. The number of rotatable bonds is 6. The molecule has 1 N–H and O–H groups in total. The lowest BCUT2D eigenvalue weighted by molar-refractivity contribution is 0.415. The average molecular weight is 304 g/mol. The third kappa shape index (κ3) is 4.68. The van der Waals surface area contributed by atoms with Crippen LogP contribution in [-0.2, 0) is 13.0 Å². The Morgan fingerprint density at radius 3 is 2.33 bits per heavy atom. The smallest absolute Gasteiger partial charge is 0.139 e. The summed E-state index contributed by atoms with van der Waals surface area (Å²) in [5.74, 6) is 1.38. The summed E-state index contributed by atoms with van der Waals surface area (Å²) in [5.41, 5.74) is 3.65. The van der Waals surface area contributed by atoms with Crippen LogP contribution in [0.2, 0.25) is 5.02 Å². The van der Waals surface area contributed by atoms with Gasteiger partial charge in [0.2, 0.25) is 0 Å². The van der Waals surface area contributed by atoms with Crippen molar-refractivity contribution in [3.63, 3.8) is 0 Å². The van der Waals surface area contributed by atoms with Crippen LogP contribution in [0.25, 0.3) is 0 Å². The first kappa shape index (κ1) is 15.7. The van der Waals surface area contributed by atoms with E-state index in [9.17, 15) is 0 Å². The molecule has 0 radical (unpaired) electrons. The van der Waals surface area contributed by atoms with Gasteiger partial charge in [-0.2, -0.15) is 0 Å². The van der Waals surface area contributed by atoms with Crippen molar-refractivity contribution in [1.82, 2.24) is 0 Å². The van der Waals surface area contributed by atoms with Crippen LogP contribution in [0.4, 0.5) is 5.69 Å². The number of methoxy groups -OCH3 is 1. The van der Waals surface area contributed by atoms with Gasteiger partial charge >= 0.3 is 0 Å². The number of hydrogen-bond acceptors (Lipinski definition) is 2.